The second kappa shape index (κ2) is 13.4. The van der Waals surface area contributed by atoms with Crippen molar-refractivity contribution in [2.24, 2.45) is 7.05 Å². The molecule has 1 amide bonds. The van der Waals surface area contributed by atoms with E-state index in [0.717, 1.165) is 15.5 Å². The normalized spacial score (nSPS) is 16.3. The zero-order valence-electron chi connectivity index (χ0n) is 26.0. The molecule has 8 nitrogen and oxygen atoms in total. The van der Waals surface area contributed by atoms with Crippen LogP contribution in [0, 0.1) is 18.6 Å². The van der Waals surface area contributed by atoms with Crippen molar-refractivity contribution in [2.45, 2.75) is 63.3 Å². The fraction of sp³-hybridized carbons (Fsp3) is 0.364. The van der Waals surface area contributed by atoms with Crippen molar-refractivity contribution >= 4 is 22.5 Å². The number of hydrogen-bond donors (Lipinski definition) is 3. The molecule has 2 aromatic carbocycles. The highest BCUT2D eigenvalue weighted by Gasteiger charge is 2.45. The summed E-state index contributed by atoms with van der Waals surface area (Å²) in [6.45, 7) is 1.23. The minimum Gasteiger partial charge on any atom is -0.366 e. The second-order valence-electron chi connectivity index (χ2n) is 11.8. The largest absolute Gasteiger partial charge is 0.417 e. The first-order valence-electron chi connectivity index (χ1n) is 15.0. The van der Waals surface area contributed by atoms with Gasteiger partial charge in [-0.15, -0.1) is 0 Å². The zero-order chi connectivity index (χ0) is 36.0. The topological polar surface area (TPSA) is 108 Å². The Morgan fingerprint density at radius 2 is 1.71 bits per heavy atom. The fourth-order valence-electron chi connectivity index (χ4n) is 6.15. The van der Waals surface area contributed by atoms with Gasteiger partial charge in [-0.2, -0.15) is 26.3 Å². The molecule has 3 N–H and O–H groups in total. The van der Waals surface area contributed by atoms with Gasteiger partial charge in [0.15, 0.2) is 6.29 Å². The molecule has 1 aliphatic rings. The highest BCUT2D eigenvalue weighted by molar-refractivity contribution is 5.97. The number of rotatable bonds is 7. The average molecular weight is 699 g/mol. The van der Waals surface area contributed by atoms with E-state index in [-0.39, 0.29) is 47.1 Å². The van der Waals surface area contributed by atoms with Crippen molar-refractivity contribution in [3.8, 4) is 11.1 Å². The summed E-state index contributed by atoms with van der Waals surface area (Å²) in [5.41, 5.74) is -4.32. The van der Waals surface area contributed by atoms with E-state index in [0.29, 0.717) is 18.6 Å². The Hall–Kier alpha value is -4.57. The first kappa shape index (κ1) is 35.7. The van der Waals surface area contributed by atoms with Crippen LogP contribution >= 0.6 is 0 Å². The number of aliphatic hydroxyl groups excluding tert-OH is 1. The molecule has 0 unspecified atom stereocenters. The molecule has 0 spiro atoms. The van der Waals surface area contributed by atoms with Crippen molar-refractivity contribution < 1.29 is 50.1 Å². The highest BCUT2D eigenvalue weighted by Crippen LogP contribution is 2.39. The van der Waals surface area contributed by atoms with Gasteiger partial charge in [-0.1, -0.05) is 18.2 Å². The minimum atomic E-state index is -4.90. The first-order chi connectivity index (χ1) is 22.9. The molecule has 0 aliphatic carbocycles. The number of alkyl halides is 6. The molecule has 2 atom stereocenters. The van der Waals surface area contributed by atoms with Gasteiger partial charge in [-0.25, -0.2) is 8.78 Å². The summed E-state index contributed by atoms with van der Waals surface area (Å²) in [4.78, 5) is 31.2. The van der Waals surface area contributed by atoms with E-state index in [1.807, 2.05) is 0 Å². The molecule has 0 saturated carbocycles. The zero-order valence-corrected chi connectivity index (χ0v) is 26.0. The van der Waals surface area contributed by atoms with E-state index in [2.05, 4.69) is 10.3 Å². The van der Waals surface area contributed by atoms with Crippen molar-refractivity contribution in [1.82, 2.24) is 14.9 Å². The minimum absolute atomic E-state index is 0.0495. The number of amides is 1. The number of carbonyl (C=O) groups excluding carboxylic acids is 1. The molecule has 16 heteroatoms. The lowest BCUT2D eigenvalue weighted by Crippen LogP contribution is -2.49. The van der Waals surface area contributed by atoms with Crippen LogP contribution in [0.4, 0.5) is 40.8 Å². The number of hydrogen-bond acceptors (Lipinski definition) is 6. The maximum absolute atomic E-state index is 15.2. The Balaban J connectivity index is 1.48. The molecular formula is C33H30F8N4O4. The molecule has 262 valence electrons. The molecule has 2 aromatic heterocycles. The summed E-state index contributed by atoms with van der Waals surface area (Å²) < 4.78 is 115. The molecular weight excluding hydrogens is 668 g/mol. The predicted octanol–water partition coefficient (Wildman–Crippen LogP) is 5.78. The smallest absolute Gasteiger partial charge is 0.366 e. The van der Waals surface area contributed by atoms with E-state index >= 15 is 8.78 Å². The number of pyridine rings is 2. The Kier molecular flexibility index (Phi) is 9.76. The highest BCUT2D eigenvalue weighted by atomic mass is 19.4. The molecule has 4 aromatic rings. The number of nitrogens with one attached hydrogen (secondary N) is 1. The van der Waals surface area contributed by atoms with Crippen LogP contribution in [0.1, 0.15) is 46.4 Å². The van der Waals surface area contributed by atoms with Gasteiger partial charge in [0.25, 0.3) is 11.5 Å². The summed E-state index contributed by atoms with van der Waals surface area (Å²) in [5, 5.41) is 22.5. The monoisotopic (exact) mass is 698 g/mol. The number of anilines is 1. The molecule has 1 saturated heterocycles. The maximum Gasteiger partial charge on any atom is 0.417 e. The third kappa shape index (κ3) is 7.11. The number of halogens is 8. The maximum atomic E-state index is 15.2. The van der Waals surface area contributed by atoms with Crippen molar-refractivity contribution in [3.05, 3.63) is 93.0 Å². The molecule has 1 fully saturated rings. The summed E-state index contributed by atoms with van der Waals surface area (Å²) in [6.07, 6.45) is -10.7. The van der Waals surface area contributed by atoms with E-state index in [1.165, 1.54) is 44.4 Å². The van der Waals surface area contributed by atoms with Crippen LogP contribution in [-0.4, -0.2) is 56.8 Å². The van der Waals surface area contributed by atoms with Crippen molar-refractivity contribution in [2.75, 3.05) is 11.4 Å². The van der Waals surface area contributed by atoms with Crippen LogP contribution in [0.2, 0.25) is 0 Å². The Morgan fingerprint density at radius 1 is 1.04 bits per heavy atom. The van der Waals surface area contributed by atoms with E-state index in [9.17, 15) is 46.1 Å². The van der Waals surface area contributed by atoms with Crippen LogP contribution in [0.15, 0.2) is 53.5 Å². The predicted molar refractivity (Wildman–Crippen MR) is 163 cm³/mol. The first-order valence-corrected chi connectivity index (χ1v) is 15.0. The summed E-state index contributed by atoms with van der Waals surface area (Å²) in [7, 11) is 1.31. The number of aryl methyl sites for hydroxylation is 1. The summed E-state index contributed by atoms with van der Waals surface area (Å²) >= 11 is 0. The van der Waals surface area contributed by atoms with E-state index in [1.54, 1.807) is 0 Å². The van der Waals surface area contributed by atoms with E-state index in [4.69, 9.17) is 0 Å². The number of aromatic nitrogens is 2. The average Bonchev–Trinajstić information content (AvgIpc) is 3.02. The molecule has 0 radical (unpaired) electrons. The van der Waals surface area contributed by atoms with Crippen LogP contribution in [0.25, 0.3) is 22.0 Å². The van der Waals surface area contributed by atoms with Gasteiger partial charge in [0.1, 0.15) is 23.2 Å². The Morgan fingerprint density at radius 3 is 2.33 bits per heavy atom. The number of nitrogens with zero attached hydrogens (tertiary/aromatic N) is 3. The standard InChI is InChI=1S/C33H30F8N4O4/c1-16-12-21(32(36,37)38)26(30(47)44(16)2)20-9-8-17(19-6-5-10-42-28(19)20)13-24(31(48)49)43-29(46)27-22(34)14-18(15-23(27)35)45-11-4-3-7-25(45)33(39,40)41/h5-6,8-10,12,14-15,24-25,31,48-49H,3-4,7,11,13H2,1-2H3,(H,43,46)/t24-,25+/m0/s1. The van der Waals surface area contributed by atoms with Gasteiger partial charge in [-0.3, -0.25) is 14.6 Å². The summed E-state index contributed by atoms with van der Waals surface area (Å²) in [6, 6.07) is 3.81. The number of benzene rings is 2. The van der Waals surface area contributed by atoms with Crippen LogP contribution in [0.5, 0.6) is 0 Å². The SMILES string of the molecule is Cc1cc(C(F)(F)F)c(-c2ccc(C[C@H](NC(=O)c3c(F)cc(N4CCCC[C@@H]4C(F)(F)F)cc3F)C(O)O)c3cccnc23)c(=O)n1C. The molecule has 0 bridgehead atoms. The van der Waals surface area contributed by atoms with Crippen LogP contribution < -0.4 is 15.8 Å². The number of fused-ring (bicyclic) bond motifs is 1. The van der Waals surface area contributed by atoms with Crippen molar-refractivity contribution in [3.63, 3.8) is 0 Å². The fourth-order valence-corrected chi connectivity index (χ4v) is 6.15. The molecule has 1 aliphatic heterocycles. The number of aliphatic hydroxyl groups is 2. The van der Waals surface area contributed by atoms with Gasteiger partial charge in [0, 0.05) is 42.1 Å². The lowest BCUT2D eigenvalue weighted by atomic mass is 9.93. The number of carbonyl (C=O) groups is 1. The molecule has 3 heterocycles. The van der Waals surface area contributed by atoms with Gasteiger partial charge < -0.3 is 25.0 Å². The lowest BCUT2D eigenvalue weighted by Gasteiger charge is -2.38. The van der Waals surface area contributed by atoms with Crippen molar-refractivity contribution in [1.29, 1.82) is 0 Å². The van der Waals surface area contributed by atoms with Gasteiger partial charge in [0.05, 0.1) is 22.7 Å². The van der Waals surface area contributed by atoms with Gasteiger partial charge in [0.2, 0.25) is 0 Å². The van der Waals surface area contributed by atoms with E-state index < -0.39 is 82.6 Å². The number of piperidine rings is 1. The quantitative estimate of drug-likeness (QED) is 0.167. The van der Waals surface area contributed by atoms with Gasteiger partial charge in [-0.05, 0) is 62.4 Å². The molecule has 49 heavy (non-hydrogen) atoms. The summed E-state index contributed by atoms with van der Waals surface area (Å²) in [5.74, 6) is -4.41. The second-order valence-corrected chi connectivity index (χ2v) is 11.8. The Labute approximate surface area is 273 Å². The Bertz CT molecular complexity index is 1940. The van der Waals surface area contributed by atoms with Crippen LogP contribution in [0.3, 0.4) is 0 Å². The van der Waals surface area contributed by atoms with Crippen LogP contribution in [-0.2, 0) is 19.6 Å². The molecule has 5 rings (SSSR count). The third-order valence-electron chi connectivity index (χ3n) is 8.69. The lowest BCUT2D eigenvalue weighted by molar-refractivity contribution is -0.152. The van der Waals surface area contributed by atoms with Gasteiger partial charge >= 0.3 is 12.4 Å². The third-order valence-corrected chi connectivity index (χ3v) is 8.69.